The number of amides is 1. The highest BCUT2D eigenvalue weighted by Crippen LogP contribution is 2.22. The van der Waals surface area contributed by atoms with Crippen molar-refractivity contribution in [3.8, 4) is 0 Å². The number of aryl methyl sites for hydroxylation is 1. The van der Waals surface area contributed by atoms with E-state index in [9.17, 15) is 4.79 Å². The molecule has 1 saturated heterocycles. The van der Waals surface area contributed by atoms with Crippen molar-refractivity contribution in [2.24, 2.45) is 5.73 Å². The van der Waals surface area contributed by atoms with Crippen LogP contribution in [0.25, 0.3) is 0 Å². The molecule has 0 aromatic heterocycles. The zero-order chi connectivity index (χ0) is 15.1. The molecule has 3 N–H and O–H groups in total. The van der Waals surface area contributed by atoms with Crippen molar-refractivity contribution in [2.75, 3.05) is 39.4 Å². The first-order valence-electron chi connectivity index (χ1n) is 7.56. The van der Waals surface area contributed by atoms with Crippen LogP contribution in [0.5, 0.6) is 0 Å². The Kier molecular flexibility index (Phi) is 8.42. The number of carbonyl (C=O) groups excluding carboxylic acids is 1. The molecule has 6 heteroatoms. The number of rotatable bonds is 6. The number of hydrogen-bond acceptors (Lipinski definition) is 4. The number of nitrogens with one attached hydrogen (secondary N) is 1. The summed E-state index contributed by atoms with van der Waals surface area (Å²) < 4.78 is 5.43. The zero-order valence-corrected chi connectivity index (χ0v) is 13.9. The van der Waals surface area contributed by atoms with Gasteiger partial charge in [0.05, 0.1) is 19.3 Å². The van der Waals surface area contributed by atoms with Gasteiger partial charge in [0.25, 0.3) is 0 Å². The molecule has 124 valence electrons. The average molecular weight is 328 g/mol. The maximum atomic E-state index is 11.7. The topological polar surface area (TPSA) is 67.6 Å². The Balaban J connectivity index is 0.00000242. The van der Waals surface area contributed by atoms with Crippen LogP contribution in [0.15, 0.2) is 24.3 Å². The van der Waals surface area contributed by atoms with Gasteiger partial charge in [-0.25, -0.2) is 0 Å². The number of carbonyl (C=O) groups is 1. The van der Waals surface area contributed by atoms with Crippen molar-refractivity contribution in [3.63, 3.8) is 0 Å². The lowest BCUT2D eigenvalue weighted by Crippen LogP contribution is -2.44. The highest BCUT2D eigenvalue weighted by atomic mass is 35.5. The molecule has 1 heterocycles. The van der Waals surface area contributed by atoms with Gasteiger partial charge < -0.3 is 15.8 Å². The molecular weight excluding hydrogens is 302 g/mol. The van der Waals surface area contributed by atoms with Crippen LogP contribution in [0.2, 0.25) is 0 Å². The van der Waals surface area contributed by atoms with Gasteiger partial charge in [-0.3, -0.25) is 9.69 Å². The van der Waals surface area contributed by atoms with Crippen molar-refractivity contribution >= 4 is 18.3 Å². The van der Waals surface area contributed by atoms with Gasteiger partial charge >= 0.3 is 0 Å². The summed E-state index contributed by atoms with van der Waals surface area (Å²) in [5, 5.41) is 3.00. The molecule has 1 aromatic carbocycles. The van der Waals surface area contributed by atoms with E-state index in [-0.39, 0.29) is 24.4 Å². The fraction of sp³-hybridized carbons (Fsp3) is 0.562. The van der Waals surface area contributed by atoms with Gasteiger partial charge in [0.15, 0.2) is 0 Å². The van der Waals surface area contributed by atoms with E-state index in [0.29, 0.717) is 19.5 Å². The van der Waals surface area contributed by atoms with Crippen LogP contribution in [0, 0.1) is 6.92 Å². The standard InChI is InChI=1S/C16H25N3O2.ClH/c1-13-3-2-4-14(11-13)15(12-18-16(20)5-6-17)19-7-9-21-10-8-19;/h2-4,11,15H,5-10,12,17H2,1H3,(H,18,20);1H. The van der Waals surface area contributed by atoms with Crippen LogP contribution in [0.1, 0.15) is 23.6 Å². The van der Waals surface area contributed by atoms with Crippen molar-refractivity contribution in [1.82, 2.24) is 10.2 Å². The summed E-state index contributed by atoms with van der Waals surface area (Å²) in [5.74, 6) is 0.0170. The van der Waals surface area contributed by atoms with Gasteiger partial charge in [0.1, 0.15) is 0 Å². The molecule has 22 heavy (non-hydrogen) atoms. The van der Waals surface area contributed by atoms with Gasteiger partial charge in [-0.05, 0) is 12.5 Å². The summed E-state index contributed by atoms with van der Waals surface area (Å²) in [7, 11) is 0. The molecule has 1 atom stereocenters. The van der Waals surface area contributed by atoms with Crippen molar-refractivity contribution in [1.29, 1.82) is 0 Å². The Morgan fingerprint density at radius 2 is 2.14 bits per heavy atom. The summed E-state index contributed by atoms with van der Waals surface area (Å²) in [6.07, 6.45) is 0.379. The van der Waals surface area contributed by atoms with Crippen LogP contribution in [-0.4, -0.2) is 50.2 Å². The minimum absolute atomic E-state index is 0. The van der Waals surface area contributed by atoms with Crippen LogP contribution in [0.4, 0.5) is 0 Å². The summed E-state index contributed by atoms with van der Waals surface area (Å²) in [6.45, 7) is 6.38. The maximum absolute atomic E-state index is 11.7. The summed E-state index contributed by atoms with van der Waals surface area (Å²) in [6, 6.07) is 8.67. The first-order valence-corrected chi connectivity index (χ1v) is 7.56. The molecular formula is C16H26ClN3O2. The Morgan fingerprint density at radius 3 is 2.77 bits per heavy atom. The minimum atomic E-state index is 0. The van der Waals surface area contributed by atoms with Crippen LogP contribution in [0.3, 0.4) is 0 Å². The molecule has 0 bridgehead atoms. The highest BCUT2D eigenvalue weighted by molar-refractivity contribution is 5.85. The van der Waals surface area contributed by atoms with Crippen LogP contribution >= 0.6 is 12.4 Å². The number of nitrogens with two attached hydrogens (primary N) is 1. The molecule has 1 fully saturated rings. The van der Waals surface area contributed by atoms with Crippen LogP contribution in [-0.2, 0) is 9.53 Å². The van der Waals surface area contributed by atoms with Gasteiger partial charge in [-0.2, -0.15) is 0 Å². The number of hydrogen-bond donors (Lipinski definition) is 2. The summed E-state index contributed by atoms with van der Waals surface area (Å²) in [5.41, 5.74) is 7.90. The number of benzene rings is 1. The third-order valence-electron chi connectivity index (χ3n) is 3.78. The molecule has 0 spiro atoms. The number of morpholine rings is 1. The SMILES string of the molecule is Cc1cccc(C(CNC(=O)CCN)N2CCOCC2)c1.Cl. The number of halogens is 1. The average Bonchev–Trinajstić information content (AvgIpc) is 2.49. The summed E-state index contributed by atoms with van der Waals surface area (Å²) in [4.78, 5) is 14.1. The highest BCUT2D eigenvalue weighted by Gasteiger charge is 2.23. The predicted octanol–water partition coefficient (Wildman–Crippen LogP) is 1.26. The Labute approximate surface area is 138 Å². The first kappa shape index (κ1) is 18.9. The second-order valence-electron chi connectivity index (χ2n) is 5.42. The van der Waals surface area contributed by atoms with Crippen molar-refractivity contribution in [2.45, 2.75) is 19.4 Å². The Bertz CT molecular complexity index is 464. The second kappa shape index (κ2) is 9.79. The lowest BCUT2D eigenvalue weighted by atomic mass is 10.0. The lowest BCUT2D eigenvalue weighted by molar-refractivity contribution is -0.121. The van der Waals surface area contributed by atoms with E-state index in [4.69, 9.17) is 10.5 Å². The van der Waals surface area contributed by atoms with E-state index in [1.165, 1.54) is 11.1 Å². The van der Waals surface area contributed by atoms with Crippen molar-refractivity contribution in [3.05, 3.63) is 35.4 Å². The van der Waals surface area contributed by atoms with Gasteiger partial charge in [0.2, 0.25) is 5.91 Å². The molecule has 1 aliphatic heterocycles. The third-order valence-corrected chi connectivity index (χ3v) is 3.78. The van der Waals surface area contributed by atoms with E-state index in [2.05, 4.69) is 41.4 Å². The van der Waals surface area contributed by atoms with E-state index in [0.717, 1.165) is 26.3 Å². The molecule has 0 radical (unpaired) electrons. The van der Waals surface area contributed by atoms with Gasteiger partial charge in [-0.1, -0.05) is 29.8 Å². The number of nitrogens with zero attached hydrogens (tertiary/aromatic N) is 1. The molecule has 1 aromatic rings. The fourth-order valence-corrected chi connectivity index (χ4v) is 2.65. The zero-order valence-electron chi connectivity index (χ0n) is 13.1. The molecule has 5 nitrogen and oxygen atoms in total. The van der Waals surface area contributed by atoms with E-state index in [1.54, 1.807) is 0 Å². The van der Waals surface area contributed by atoms with E-state index < -0.39 is 0 Å². The molecule has 0 aliphatic carbocycles. The van der Waals surface area contributed by atoms with Crippen LogP contribution < -0.4 is 11.1 Å². The summed E-state index contributed by atoms with van der Waals surface area (Å²) >= 11 is 0. The third kappa shape index (κ3) is 5.57. The predicted molar refractivity (Wildman–Crippen MR) is 90.2 cm³/mol. The van der Waals surface area contributed by atoms with E-state index in [1.807, 2.05) is 0 Å². The monoisotopic (exact) mass is 327 g/mol. The van der Waals surface area contributed by atoms with E-state index >= 15 is 0 Å². The Hall–Kier alpha value is -1.14. The minimum Gasteiger partial charge on any atom is -0.379 e. The molecule has 1 amide bonds. The lowest BCUT2D eigenvalue weighted by Gasteiger charge is -2.35. The molecule has 1 unspecified atom stereocenters. The normalized spacial score (nSPS) is 16.6. The van der Waals surface area contributed by atoms with Crippen molar-refractivity contribution < 1.29 is 9.53 Å². The van der Waals surface area contributed by atoms with Gasteiger partial charge in [-0.15, -0.1) is 12.4 Å². The largest absolute Gasteiger partial charge is 0.379 e. The molecule has 2 rings (SSSR count). The van der Waals surface area contributed by atoms with Gasteiger partial charge in [0, 0.05) is 32.6 Å². The second-order valence-corrected chi connectivity index (χ2v) is 5.42. The quantitative estimate of drug-likeness (QED) is 0.825. The maximum Gasteiger partial charge on any atom is 0.221 e. The smallest absolute Gasteiger partial charge is 0.221 e. The molecule has 1 aliphatic rings. The fourth-order valence-electron chi connectivity index (χ4n) is 2.65. The number of ether oxygens (including phenoxy) is 1. The Morgan fingerprint density at radius 1 is 1.41 bits per heavy atom. The first-order chi connectivity index (χ1) is 10.2. The molecule has 0 saturated carbocycles.